The largest absolute Gasteiger partial charge is 0.466 e. The molecule has 1 N–H and O–H groups in total. The summed E-state index contributed by atoms with van der Waals surface area (Å²) in [6.45, 7) is 2.03. The number of amides is 1. The Bertz CT molecular complexity index is 685. The molecule has 0 saturated heterocycles. The Kier molecular flexibility index (Phi) is 5.62. The molecule has 0 unspecified atom stereocenters. The van der Waals surface area contributed by atoms with Crippen LogP contribution in [0.3, 0.4) is 0 Å². The molecule has 116 valence electrons. The van der Waals surface area contributed by atoms with Crippen molar-refractivity contribution in [2.45, 2.75) is 13.3 Å². The van der Waals surface area contributed by atoms with E-state index < -0.39 is 11.7 Å². The van der Waals surface area contributed by atoms with Crippen molar-refractivity contribution in [3.8, 4) is 0 Å². The number of hydrogen-bond acceptors (Lipinski definition) is 5. The highest BCUT2D eigenvalue weighted by Crippen LogP contribution is 2.19. The summed E-state index contributed by atoms with van der Waals surface area (Å²) in [4.78, 5) is 27.5. The fraction of sp³-hybridized carbons (Fsp3) is 0.214. The second kappa shape index (κ2) is 7.46. The summed E-state index contributed by atoms with van der Waals surface area (Å²) in [6, 6.07) is 3.90. The zero-order valence-corrected chi connectivity index (χ0v) is 14.0. The van der Waals surface area contributed by atoms with Crippen molar-refractivity contribution < 1.29 is 18.7 Å². The van der Waals surface area contributed by atoms with Crippen molar-refractivity contribution in [2.75, 3.05) is 11.9 Å². The lowest BCUT2D eigenvalue weighted by atomic mass is 10.2. The standard InChI is InChI=1S/C14H12BrFN2O3S/c1-2-21-12(19)6-11-7-22-14(17-11)18-13(20)8-3-9(15)5-10(16)4-8/h3-5,7H,2,6H2,1H3,(H,17,18,20). The number of halogens is 2. The Balaban J connectivity index is 2.03. The van der Waals surface area contributed by atoms with Gasteiger partial charge in [-0.3, -0.25) is 14.9 Å². The molecule has 1 aromatic heterocycles. The van der Waals surface area contributed by atoms with Crippen molar-refractivity contribution >= 4 is 44.3 Å². The van der Waals surface area contributed by atoms with Crippen LogP contribution in [0.5, 0.6) is 0 Å². The van der Waals surface area contributed by atoms with Gasteiger partial charge < -0.3 is 4.74 Å². The van der Waals surface area contributed by atoms with E-state index in [9.17, 15) is 14.0 Å². The third kappa shape index (κ3) is 4.60. The number of ether oxygens (including phenoxy) is 1. The minimum absolute atomic E-state index is 0.0473. The average Bonchev–Trinajstić information content (AvgIpc) is 2.85. The molecule has 22 heavy (non-hydrogen) atoms. The van der Waals surface area contributed by atoms with Crippen LogP contribution in [0, 0.1) is 5.82 Å². The van der Waals surface area contributed by atoms with Crippen molar-refractivity contribution in [1.29, 1.82) is 0 Å². The number of nitrogens with zero attached hydrogens (tertiary/aromatic N) is 1. The smallest absolute Gasteiger partial charge is 0.311 e. The first kappa shape index (κ1) is 16.6. The van der Waals surface area contributed by atoms with Gasteiger partial charge in [-0.1, -0.05) is 15.9 Å². The number of rotatable bonds is 5. The van der Waals surface area contributed by atoms with Crippen LogP contribution in [0.2, 0.25) is 0 Å². The summed E-state index contributed by atoms with van der Waals surface area (Å²) in [5.74, 6) is -1.36. The summed E-state index contributed by atoms with van der Waals surface area (Å²) in [6.07, 6.45) is 0.0473. The number of carbonyl (C=O) groups excluding carboxylic acids is 2. The van der Waals surface area contributed by atoms with E-state index in [1.807, 2.05) is 0 Å². The van der Waals surface area contributed by atoms with Gasteiger partial charge in [-0.05, 0) is 25.1 Å². The van der Waals surface area contributed by atoms with Crippen LogP contribution in [0.25, 0.3) is 0 Å². The van der Waals surface area contributed by atoms with Gasteiger partial charge in [0.2, 0.25) is 0 Å². The van der Waals surface area contributed by atoms with Crippen molar-refractivity contribution in [3.05, 3.63) is 45.1 Å². The van der Waals surface area contributed by atoms with Gasteiger partial charge in [-0.25, -0.2) is 9.37 Å². The Labute approximate surface area is 138 Å². The molecule has 0 aliphatic heterocycles. The molecule has 0 aliphatic carbocycles. The third-order valence-electron chi connectivity index (χ3n) is 2.53. The molecule has 1 amide bonds. The molecule has 1 heterocycles. The molecule has 0 atom stereocenters. The number of aromatic nitrogens is 1. The van der Waals surface area contributed by atoms with Gasteiger partial charge in [0.05, 0.1) is 18.7 Å². The molecule has 8 heteroatoms. The van der Waals surface area contributed by atoms with E-state index in [2.05, 4.69) is 26.2 Å². The number of benzene rings is 1. The fourth-order valence-electron chi connectivity index (χ4n) is 1.66. The maximum absolute atomic E-state index is 13.3. The van der Waals surface area contributed by atoms with E-state index in [0.29, 0.717) is 21.9 Å². The molecule has 0 saturated carbocycles. The zero-order chi connectivity index (χ0) is 16.1. The molecular weight excluding hydrogens is 375 g/mol. The fourth-order valence-corrected chi connectivity index (χ4v) is 2.83. The molecule has 0 aliphatic rings. The Morgan fingerprint density at radius 2 is 2.18 bits per heavy atom. The predicted molar refractivity (Wildman–Crippen MR) is 84.5 cm³/mol. The van der Waals surface area contributed by atoms with Crippen molar-refractivity contribution in [1.82, 2.24) is 4.98 Å². The van der Waals surface area contributed by atoms with Gasteiger partial charge in [0.15, 0.2) is 5.13 Å². The van der Waals surface area contributed by atoms with E-state index in [4.69, 9.17) is 4.74 Å². The van der Waals surface area contributed by atoms with Crippen LogP contribution in [-0.2, 0) is 16.0 Å². The highest BCUT2D eigenvalue weighted by Gasteiger charge is 2.13. The Hall–Kier alpha value is -1.80. The maximum atomic E-state index is 13.3. The predicted octanol–water partition coefficient (Wildman–Crippen LogP) is 3.40. The number of carbonyl (C=O) groups is 2. The van der Waals surface area contributed by atoms with E-state index >= 15 is 0 Å². The van der Waals surface area contributed by atoms with Gasteiger partial charge in [0.1, 0.15) is 5.82 Å². The number of thiazole rings is 1. The quantitative estimate of drug-likeness (QED) is 0.799. The zero-order valence-electron chi connectivity index (χ0n) is 11.6. The van der Waals surface area contributed by atoms with Crippen molar-refractivity contribution in [2.24, 2.45) is 0 Å². The Morgan fingerprint density at radius 3 is 2.86 bits per heavy atom. The summed E-state index contributed by atoms with van der Waals surface area (Å²) >= 11 is 4.31. The molecule has 5 nitrogen and oxygen atoms in total. The lowest BCUT2D eigenvalue weighted by molar-refractivity contribution is -0.142. The van der Waals surface area contributed by atoms with Gasteiger partial charge in [0, 0.05) is 15.4 Å². The third-order valence-corrected chi connectivity index (χ3v) is 3.79. The van der Waals surface area contributed by atoms with Gasteiger partial charge in [0.25, 0.3) is 5.91 Å². The first-order valence-electron chi connectivity index (χ1n) is 6.35. The van der Waals surface area contributed by atoms with Gasteiger partial charge in [-0.15, -0.1) is 11.3 Å². The minimum atomic E-state index is -0.512. The van der Waals surface area contributed by atoms with Crippen LogP contribution in [-0.4, -0.2) is 23.5 Å². The summed E-state index contributed by atoms with van der Waals surface area (Å²) < 4.78 is 18.6. The number of nitrogens with one attached hydrogen (secondary N) is 1. The first-order chi connectivity index (χ1) is 10.5. The number of esters is 1. The SMILES string of the molecule is CCOC(=O)Cc1csc(NC(=O)c2cc(F)cc(Br)c2)n1. The second-order valence-electron chi connectivity index (χ2n) is 4.24. The van der Waals surface area contributed by atoms with E-state index in [0.717, 1.165) is 6.07 Å². The van der Waals surface area contributed by atoms with Crippen molar-refractivity contribution in [3.63, 3.8) is 0 Å². The highest BCUT2D eigenvalue weighted by atomic mass is 79.9. The molecule has 2 rings (SSSR count). The van der Waals surface area contributed by atoms with Gasteiger partial charge >= 0.3 is 5.97 Å². The molecule has 2 aromatic rings. The number of anilines is 1. The lowest BCUT2D eigenvalue weighted by Gasteiger charge is -2.03. The molecule has 0 spiro atoms. The van der Waals surface area contributed by atoms with Crippen LogP contribution in [0.1, 0.15) is 23.0 Å². The van der Waals surface area contributed by atoms with E-state index in [1.54, 1.807) is 12.3 Å². The van der Waals surface area contributed by atoms with Crippen LogP contribution < -0.4 is 5.32 Å². The lowest BCUT2D eigenvalue weighted by Crippen LogP contribution is -2.12. The van der Waals surface area contributed by atoms with Gasteiger partial charge in [-0.2, -0.15) is 0 Å². The van der Waals surface area contributed by atoms with Crippen LogP contribution >= 0.6 is 27.3 Å². The summed E-state index contributed by atoms with van der Waals surface area (Å²) in [5, 5.41) is 4.57. The summed E-state index contributed by atoms with van der Waals surface area (Å²) in [5.41, 5.74) is 0.688. The molecule has 0 fully saturated rings. The molecule has 0 radical (unpaired) electrons. The second-order valence-corrected chi connectivity index (χ2v) is 6.01. The van der Waals surface area contributed by atoms with E-state index in [-0.39, 0.29) is 18.0 Å². The topological polar surface area (TPSA) is 68.3 Å². The molecule has 1 aromatic carbocycles. The number of hydrogen-bond donors (Lipinski definition) is 1. The highest BCUT2D eigenvalue weighted by molar-refractivity contribution is 9.10. The first-order valence-corrected chi connectivity index (χ1v) is 8.02. The maximum Gasteiger partial charge on any atom is 0.311 e. The van der Waals surface area contributed by atoms with Crippen LogP contribution in [0.4, 0.5) is 9.52 Å². The van der Waals surface area contributed by atoms with E-state index in [1.165, 1.54) is 23.5 Å². The molecular formula is C14H12BrFN2O3S. The summed E-state index contributed by atoms with van der Waals surface area (Å²) in [7, 11) is 0. The monoisotopic (exact) mass is 386 g/mol. The molecule has 0 bridgehead atoms. The Morgan fingerprint density at radius 1 is 1.41 bits per heavy atom. The van der Waals surface area contributed by atoms with Crippen LogP contribution in [0.15, 0.2) is 28.1 Å². The average molecular weight is 387 g/mol. The minimum Gasteiger partial charge on any atom is -0.466 e. The normalized spacial score (nSPS) is 10.3.